The van der Waals surface area contributed by atoms with Crippen molar-refractivity contribution in [2.45, 2.75) is 52.7 Å². The first-order valence-corrected chi connectivity index (χ1v) is 12.0. The van der Waals surface area contributed by atoms with E-state index < -0.39 is 11.7 Å². The molecule has 0 amide bonds. The molecule has 1 aliphatic rings. The molecule has 1 unspecified atom stereocenters. The van der Waals surface area contributed by atoms with Crippen LogP contribution in [-0.4, -0.2) is 39.7 Å². The summed E-state index contributed by atoms with van der Waals surface area (Å²) in [6.07, 6.45) is 2.12. The molecule has 0 radical (unpaired) electrons. The molecule has 35 heavy (non-hydrogen) atoms. The zero-order valence-corrected chi connectivity index (χ0v) is 20.8. The fourth-order valence-electron chi connectivity index (χ4n) is 5.04. The summed E-state index contributed by atoms with van der Waals surface area (Å²) in [6.45, 7) is 9.93. The van der Waals surface area contributed by atoms with Crippen molar-refractivity contribution in [1.29, 1.82) is 0 Å². The number of aryl methyl sites for hydroxylation is 1. The van der Waals surface area contributed by atoms with E-state index >= 15 is 0 Å². The van der Waals surface area contributed by atoms with E-state index in [2.05, 4.69) is 4.98 Å². The lowest BCUT2D eigenvalue weighted by atomic mass is 9.86. The first kappa shape index (κ1) is 23.4. The highest BCUT2D eigenvalue weighted by molar-refractivity contribution is 6.08. The van der Waals surface area contributed by atoms with Gasteiger partial charge in [0.15, 0.2) is 5.78 Å². The SMILES string of the molecule is CC(=O)c1ccc2c(-c3ccc4c5c(ccnc35)CCO4)c(C(CO)OC(C)(C)C)c(C)cc2n1. The van der Waals surface area contributed by atoms with E-state index in [4.69, 9.17) is 14.5 Å². The third-order valence-electron chi connectivity index (χ3n) is 6.42. The second-order valence-electron chi connectivity index (χ2n) is 10.1. The molecule has 5 rings (SSSR count). The molecule has 2 aromatic carbocycles. The summed E-state index contributed by atoms with van der Waals surface area (Å²) < 4.78 is 12.3. The molecule has 0 bridgehead atoms. The quantitative estimate of drug-likeness (QED) is 0.374. The van der Waals surface area contributed by atoms with Gasteiger partial charge in [-0.1, -0.05) is 0 Å². The number of Topliss-reactive ketones (excluding diaryl/α,β-unsaturated/α-hetero) is 1. The summed E-state index contributed by atoms with van der Waals surface area (Å²) >= 11 is 0. The molecule has 2 aromatic heterocycles. The van der Waals surface area contributed by atoms with Crippen molar-refractivity contribution in [3.8, 4) is 16.9 Å². The van der Waals surface area contributed by atoms with Crippen molar-refractivity contribution in [3.63, 3.8) is 0 Å². The van der Waals surface area contributed by atoms with Crippen molar-refractivity contribution < 1.29 is 19.4 Å². The van der Waals surface area contributed by atoms with Gasteiger partial charge in [0.25, 0.3) is 0 Å². The minimum absolute atomic E-state index is 0.0834. The molecule has 180 valence electrons. The van der Waals surface area contributed by atoms with Crippen molar-refractivity contribution in [3.05, 3.63) is 65.0 Å². The summed E-state index contributed by atoms with van der Waals surface area (Å²) in [5.74, 6) is 0.748. The Balaban J connectivity index is 1.89. The molecule has 1 atom stereocenters. The number of rotatable bonds is 5. The lowest BCUT2D eigenvalue weighted by Crippen LogP contribution is -2.25. The number of hydrogen-bond acceptors (Lipinski definition) is 6. The smallest absolute Gasteiger partial charge is 0.178 e. The topological polar surface area (TPSA) is 81.5 Å². The molecular formula is C29H30N2O4. The van der Waals surface area contributed by atoms with Gasteiger partial charge in [-0.3, -0.25) is 9.78 Å². The maximum atomic E-state index is 12.1. The molecule has 0 spiro atoms. The van der Waals surface area contributed by atoms with Gasteiger partial charge in [-0.15, -0.1) is 0 Å². The van der Waals surface area contributed by atoms with E-state index in [0.717, 1.165) is 56.2 Å². The Morgan fingerprint density at radius 2 is 2.00 bits per heavy atom. The molecule has 6 heteroatoms. The average Bonchev–Trinajstić information content (AvgIpc) is 2.82. The van der Waals surface area contributed by atoms with E-state index in [1.165, 1.54) is 12.5 Å². The normalized spacial score (nSPS) is 14.2. The lowest BCUT2D eigenvalue weighted by molar-refractivity contribution is -0.0821. The fraction of sp³-hybridized carbons (Fsp3) is 0.345. The molecule has 6 nitrogen and oxygen atoms in total. The molecular weight excluding hydrogens is 440 g/mol. The molecule has 1 N–H and O–H groups in total. The molecule has 3 heterocycles. The predicted molar refractivity (Wildman–Crippen MR) is 137 cm³/mol. The van der Waals surface area contributed by atoms with Crippen LogP contribution < -0.4 is 4.74 Å². The van der Waals surface area contributed by atoms with Gasteiger partial charge in [-0.25, -0.2) is 4.98 Å². The zero-order chi connectivity index (χ0) is 24.9. The number of ether oxygens (including phenoxy) is 2. The van der Waals surface area contributed by atoms with Gasteiger partial charge < -0.3 is 14.6 Å². The Morgan fingerprint density at radius 1 is 1.20 bits per heavy atom. The standard InChI is InChI=1S/C29H30N2O4/c1-16-14-22-19(6-8-21(31-22)17(2)33)27(25(16)24(15-32)35-29(3,4)5)20-7-9-23-26-18(11-13-34-23)10-12-30-28(20)26/h6-10,12,14,24,32H,11,13,15H2,1-5H3. The van der Waals surface area contributed by atoms with Gasteiger partial charge in [0.05, 0.1) is 29.8 Å². The van der Waals surface area contributed by atoms with Crippen LogP contribution in [0.4, 0.5) is 0 Å². The maximum Gasteiger partial charge on any atom is 0.178 e. The Kier molecular flexibility index (Phi) is 5.82. The second-order valence-corrected chi connectivity index (χ2v) is 10.1. The highest BCUT2D eigenvalue weighted by Crippen LogP contribution is 2.44. The van der Waals surface area contributed by atoms with Crippen molar-refractivity contribution in [2.75, 3.05) is 13.2 Å². The number of ketones is 1. The number of hydrogen-bond donors (Lipinski definition) is 1. The van der Waals surface area contributed by atoms with Crippen LogP contribution in [-0.2, 0) is 11.2 Å². The van der Waals surface area contributed by atoms with Crippen molar-refractivity contribution >= 4 is 27.6 Å². The van der Waals surface area contributed by atoms with E-state index in [0.29, 0.717) is 12.3 Å². The fourth-order valence-corrected chi connectivity index (χ4v) is 5.04. The third kappa shape index (κ3) is 4.17. The van der Waals surface area contributed by atoms with Gasteiger partial charge in [0.1, 0.15) is 17.5 Å². The summed E-state index contributed by atoms with van der Waals surface area (Å²) in [5, 5.41) is 12.4. The minimum atomic E-state index is -0.552. The van der Waals surface area contributed by atoms with E-state index in [-0.39, 0.29) is 12.4 Å². The van der Waals surface area contributed by atoms with Crippen molar-refractivity contribution in [2.24, 2.45) is 0 Å². The first-order chi connectivity index (χ1) is 16.7. The van der Waals surface area contributed by atoms with Gasteiger partial charge >= 0.3 is 0 Å². The maximum absolute atomic E-state index is 12.1. The van der Waals surface area contributed by atoms with Gasteiger partial charge in [0, 0.05) is 35.9 Å². The van der Waals surface area contributed by atoms with Crippen molar-refractivity contribution in [1.82, 2.24) is 9.97 Å². The summed E-state index contributed by atoms with van der Waals surface area (Å²) in [6, 6.07) is 11.7. The Hall–Kier alpha value is -3.35. The molecule has 0 aliphatic carbocycles. The number of aromatic nitrogens is 2. The third-order valence-corrected chi connectivity index (χ3v) is 6.42. The van der Waals surface area contributed by atoms with Crippen LogP contribution in [0.25, 0.3) is 32.9 Å². The Morgan fingerprint density at radius 3 is 2.71 bits per heavy atom. The summed E-state index contributed by atoms with van der Waals surface area (Å²) in [5.41, 5.74) is 6.39. The average molecular weight is 471 g/mol. The number of aliphatic hydroxyl groups is 1. The van der Waals surface area contributed by atoms with E-state index in [9.17, 15) is 9.90 Å². The summed E-state index contributed by atoms with van der Waals surface area (Å²) in [4.78, 5) is 21.5. The minimum Gasteiger partial charge on any atom is -0.493 e. The number of carbonyl (C=O) groups is 1. The number of pyridine rings is 2. The van der Waals surface area contributed by atoms with Gasteiger partial charge in [-0.2, -0.15) is 0 Å². The number of nitrogens with zero attached hydrogens (tertiary/aromatic N) is 2. The monoisotopic (exact) mass is 470 g/mol. The molecule has 0 fully saturated rings. The van der Waals surface area contributed by atoms with Crippen LogP contribution in [0.5, 0.6) is 5.75 Å². The first-order valence-electron chi connectivity index (χ1n) is 12.0. The Labute approximate surface area is 204 Å². The van der Waals surface area contributed by atoms with Gasteiger partial charge in [-0.05, 0) is 86.3 Å². The van der Waals surface area contributed by atoms with Crippen LogP contribution >= 0.6 is 0 Å². The van der Waals surface area contributed by atoms with Gasteiger partial charge in [0.2, 0.25) is 0 Å². The molecule has 4 aromatic rings. The largest absolute Gasteiger partial charge is 0.493 e. The van der Waals surface area contributed by atoms with E-state index in [1.54, 1.807) is 6.07 Å². The second kappa shape index (κ2) is 8.70. The van der Waals surface area contributed by atoms with Crippen LogP contribution in [0.3, 0.4) is 0 Å². The van der Waals surface area contributed by atoms with Crippen LogP contribution in [0, 0.1) is 6.92 Å². The molecule has 0 saturated carbocycles. The highest BCUT2D eigenvalue weighted by atomic mass is 16.5. The number of carbonyl (C=O) groups excluding carboxylic acids is 1. The summed E-state index contributed by atoms with van der Waals surface area (Å²) in [7, 11) is 0. The number of benzene rings is 2. The Bertz CT molecular complexity index is 1460. The molecule has 1 aliphatic heterocycles. The van der Waals surface area contributed by atoms with Crippen LogP contribution in [0.2, 0.25) is 0 Å². The van der Waals surface area contributed by atoms with Crippen LogP contribution in [0.15, 0.2) is 42.6 Å². The van der Waals surface area contributed by atoms with Crippen LogP contribution in [0.1, 0.15) is 61.0 Å². The number of aliphatic hydroxyl groups excluding tert-OH is 1. The predicted octanol–water partition coefficient (Wildman–Crippen LogP) is 5.74. The number of fused-ring (bicyclic) bond motifs is 1. The zero-order valence-electron chi connectivity index (χ0n) is 20.8. The lowest BCUT2D eigenvalue weighted by Gasteiger charge is -2.30. The molecule has 0 saturated heterocycles. The highest BCUT2D eigenvalue weighted by Gasteiger charge is 2.28. The van der Waals surface area contributed by atoms with E-state index in [1.807, 2.05) is 64.2 Å².